The molecule has 1 rings (SSSR count). The molecule has 0 spiro atoms. The largest absolute Gasteiger partial charge is 0.460 e. The van der Waals surface area contributed by atoms with Crippen LogP contribution in [0.25, 0.3) is 0 Å². The Bertz CT molecular complexity index is 646. The first-order valence-electron chi connectivity index (χ1n) is 13.7. The molecule has 0 N–H and O–H groups in total. The first kappa shape index (κ1) is 35.4. The van der Waals surface area contributed by atoms with Crippen LogP contribution in [0.2, 0.25) is 0 Å². The van der Waals surface area contributed by atoms with Crippen LogP contribution >= 0.6 is 0 Å². The van der Waals surface area contributed by atoms with E-state index in [9.17, 15) is 4.79 Å². The number of rotatable bonds is 29. The van der Waals surface area contributed by atoms with E-state index in [4.69, 9.17) is 47.4 Å². The van der Waals surface area contributed by atoms with E-state index in [2.05, 4.69) is 0 Å². The summed E-state index contributed by atoms with van der Waals surface area (Å²) in [4.78, 5) is 11.8. The van der Waals surface area contributed by atoms with Crippen molar-refractivity contribution in [3.8, 4) is 0 Å². The third-order valence-corrected chi connectivity index (χ3v) is 4.75. The maximum Gasteiger partial charge on any atom is 0.338 e. The molecular weight excluding hydrogens is 512 g/mol. The zero-order valence-corrected chi connectivity index (χ0v) is 23.7. The van der Waals surface area contributed by atoms with Crippen molar-refractivity contribution < 1.29 is 52.2 Å². The summed E-state index contributed by atoms with van der Waals surface area (Å²) in [6.45, 7) is 12.7. The third kappa shape index (κ3) is 25.1. The van der Waals surface area contributed by atoms with Crippen molar-refractivity contribution in [1.82, 2.24) is 0 Å². The highest BCUT2D eigenvalue weighted by molar-refractivity contribution is 5.89. The fourth-order valence-corrected chi connectivity index (χ4v) is 2.84. The van der Waals surface area contributed by atoms with Crippen LogP contribution in [0.1, 0.15) is 24.2 Å². The van der Waals surface area contributed by atoms with Gasteiger partial charge in [0, 0.05) is 0 Å². The Kier molecular flexibility index (Phi) is 25.3. The Morgan fingerprint density at radius 1 is 0.487 bits per heavy atom. The van der Waals surface area contributed by atoms with Crippen LogP contribution in [0.15, 0.2) is 30.3 Å². The van der Waals surface area contributed by atoms with Gasteiger partial charge in [0.1, 0.15) is 6.61 Å². The predicted octanol–water partition coefficient (Wildman–Crippen LogP) is 2.40. The van der Waals surface area contributed by atoms with Gasteiger partial charge in [-0.05, 0) is 26.0 Å². The average Bonchev–Trinajstić information content (AvgIpc) is 2.94. The van der Waals surface area contributed by atoms with Crippen molar-refractivity contribution in [1.29, 1.82) is 0 Å². The second-order valence-electron chi connectivity index (χ2n) is 8.32. The number of benzene rings is 1. The summed E-state index contributed by atoms with van der Waals surface area (Å²) in [5, 5.41) is 0. The molecule has 0 saturated heterocycles. The van der Waals surface area contributed by atoms with Gasteiger partial charge >= 0.3 is 5.97 Å². The minimum absolute atomic E-state index is 0.206. The number of hydrogen-bond acceptors (Lipinski definition) is 11. The van der Waals surface area contributed by atoms with Crippen molar-refractivity contribution in [2.45, 2.75) is 20.0 Å². The lowest BCUT2D eigenvalue weighted by Gasteiger charge is -2.09. The number of esters is 1. The SMILES string of the molecule is CC(C)OCCOCCOCCOCCOCCOCCOCCOCCOCCOC(=O)c1ccccc1. The van der Waals surface area contributed by atoms with Crippen LogP contribution in [-0.2, 0) is 47.4 Å². The van der Waals surface area contributed by atoms with E-state index in [1.54, 1.807) is 24.3 Å². The first-order valence-corrected chi connectivity index (χ1v) is 13.7. The molecule has 0 heterocycles. The standard InChI is InChI=1S/C28H48O11/c1-26(2)38-24-22-36-20-18-34-16-14-32-12-10-30-8-9-31-11-13-33-15-17-35-19-21-37-23-25-39-28(29)27-6-4-3-5-7-27/h3-7,26H,8-25H2,1-2H3. The monoisotopic (exact) mass is 560 g/mol. The zero-order chi connectivity index (χ0) is 28.1. The molecule has 0 radical (unpaired) electrons. The highest BCUT2D eigenvalue weighted by atomic mass is 16.6. The lowest BCUT2D eigenvalue weighted by atomic mass is 10.2. The summed E-state index contributed by atoms with van der Waals surface area (Å²) in [6.07, 6.45) is 0.229. The zero-order valence-electron chi connectivity index (χ0n) is 23.7. The van der Waals surface area contributed by atoms with Gasteiger partial charge in [0.25, 0.3) is 0 Å². The van der Waals surface area contributed by atoms with Gasteiger partial charge < -0.3 is 47.4 Å². The molecule has 226 valence electrons. The lowest BCUT2D eigenvalue weighted by Crippen LogP contribution is -2.15. The topological polar surface area (TPSA) is 109 Å². The summed E-state index contributed by atoms with van der Waals surface area (Å²) in [7, 11) is 0. The normalized spacial score (nSPS) is 11.4. The molecule has 39 heavy (non-hydrogen) atoms. The Morgan fingerprint density at radius 2 is 0.795 bits per heavy atom. The minimum Gasteiger partial charge on any atom is -0.460 e. The molecule has 0 fully saturated rings. The molecule has 0 amide bonds. The van der Waals surface area contributed by atoms with E-state index in [-0.39, 0.29) is 18.7 Å². The molecule has 1 aromatic carbocycles. The van der Waals surface area contributed by atoms with Crippen LogP contribution < -0.4 is 0 Å². The van der Waals surface area contributed by atoms with Crippen molar-refractivity contribution in [3.05, 3.63) is 35.9 Å². The van der Waals surface area contributed by atoms with Gasteiger partial charge in [-0.25, -0.2) is 4.79 Å². The molecule has 0 unspecified atom stereocenters. The molecule has 0 bridgehead atoms. The molecular formula is C28H48O11. The molecule has 0 aliphatic rings. The number of ether oxygens (including phenoxy) is 10. The highest BCUT2D eigenvalue weighted by Gasteiger charge is 2.05. The second-order valence-corrected chi connectivity index (χ2v) is 8.32. The molecule has 0 aliphatic carbocycles. The van der Waals surface area contributed by atoms with Crippen molar-refractivity contribution in [2.75, 3.05) is 119 Å². The van der Waals surface area contributed by atoms with Crippen LogP contribution in [0, 0.1) is 0 Å². The molecule has 1 aromatic rings. The fraction of sp³-hybridized carbons (Fsp3) is 0.750. The van der Waals surface area contributed by atoms with E-state index in [1.165, 1.54) is 0 Å². The van der Waals surface area contributed by atoms with Crippen LogP contribution in [-0.4, -0.2) is 131 Å². The maximum atomic E-state index is 11.8. The van der Waals surface area contributed by atoms with E-state index in [1.807, 2.05) is 19.9 Å². The number of carbonyl (C=O) groups excluding carboxylic acids is 1. The van der Waals surface area contributed by atoms with Gasteiger partial charge in [-0.3, -0.25) is 0 Å². The fourth-order valence-electron chi connectivity index (χ4n) is 2.84. The lowest BCUT2D eigenvalue weighted by molar-refractivity contribution is -0.0275. The Balaban J connectivity index is 1.66. The average molecular weight is 561 g/mol. The predicted molar refractivity (Wildman–Crippen MR) is 144 cm³/mol. The third-order valence-electron chi connectivity index (χ3n) is 4.75. The van der Waals surface area contributed by atoms with E-state index < -0.39 is 0 Å². The van der Waals surface area contributed by atoms with Gasteiger partial charge in [0.05, 0.1) is 124 Å². The van der Waals surface area contributed by atoms with E-state index in [0.29, 0.717) is 118 Å². The summed E-state index contributed by atoms with van der Waals surface area (Å²) < 4.78 is 53.9. The first-order chi connectivity index (χ1) is 19.2. The van der Waals surface area contributed by atoms with Crippen LogP contribution in [0.3, 0.4) is 0 Å². The Hall–Kier alpha value is -1.67. The molecule has 0 saturated carbocycles. The van der Waals surface area contributed by atoms with E-state index in [0.717, 1.165) is 0 Å². The van der Waals surface area contributed by atoms with Gasteiger partial charge in [-0.2, -0.15) is 0 Å². The van der Waals surface area contributed by atoms with Crippen molar-refractivity contribution in [2.24, 2.45) is 0 Å². The van der Waals surface area contributed by atoms with E-state index >= 15 is 0 Å². The molecule has 0 aliphatic heterocycles. The maximum absolute atomic E-state index is 11.8. The summed E-state index contributed by atoms with van der Waals surface area (Å²) in [5.41, 5.74) is 0.528. The number of carbonyl (C=O) groups is 1. The second kappa shape index (κ2) is 27.9. The molecule has 0 aromatic heterocycles. The van der Waals surface area contributed by atoms with Crippen molar-refractivity contribution in [3.63, 3.8) is 0 Å². The van der Waals surface area contributed by atoms with Gasteiger partial charge in [-0.1, -0.05) is 18.2 Å². The van der Waals surface area contributed by atoms with Crippen LogP contribution in [0.5, 0.6) is 0 Å². The van der Waals surface area contributed by atoms with Gasteiger partial charge in [0.2, 0.25) is 0 Å². The molecule has 11 heteroatoms. The summed E-state index contributed by atoms with van der Waals surface area (Å²) >= 11 is 0. The quantitative estimate of drug-likeness (QED) is 0.106. The minimum atomic E-state index is -0.353. The number of hydrogen-bond donors (Lipinski definition) is 0. The smallest absolute Gasteiger partial charge is 0.338 e. The van der Waals surface area contributed by atoms with Gasteiger partial charge in [0.15, 0.2) is 0 Å². The molecule has 0 atom stereocenters. The van der Waals surface area contributed by atoms with Crippen LogP contribution in [0.4, 0.5) is 0 Å². The molecule has 11 nitrogen and oxygen atoms in total. The van der Waals surface area contributed by atoms with Crippen molar-refractivity contribution >= 4 is 5.97 Å². The van der Waals surface area contributed by atoms with Gasteiger partial charge in [-0.15, -0.1) is 0 Å². The Morgan fingerprint density at radius 3 is 1.13 bits per heavy atom. The highest BCUT2D eigenvalue weighted by Crippen LogP contribution is 2.00. The summed E-state index contributed by atoms with van der Waals surface area (Å²) in [5.74, 6) is -0.353. The Labute approximate surface area is 233 Å². The summed E-state index contributed by atoms with van der Waals surface area (Å²) in [6, 6.07) is 8.86.